The molecule has 0 unspecified atom stereocenters. The fraction of sp³-hybridized carbons (Fsp3) is 0.480. The second kappa shape index (κ2) is 10.5. The van der Waals surface area contributed by atoms with Crippen molar-refractivity contribution in [2.24, 2.45) is 5.92 Å². The van der Waals surface area contributed by atoms with Gasteiger partial charge in [-0.25, -0.2) is 9.07 Å². The van der Waals surface area contributed by atoms with E-state index in [4.69, 9.17) is 11.6 Å². The lowest BCUT2D eigenvalue weighted by Crippen LogP contribution is -2.44. The lowest BCUT2D eigenvalue weighted by molar-refractivity contribution is -0.139. The Morgan fingerprint density at radius 3 is 2.27 bits per heavy atom. The van der Waals surface area contributed by atoms with E-state index in [1.807, 2.05) is 11.8 Å². The number of piperidine rings is 1. The van der Waals surface area contributed by atoms with Gasteiger partial charge >= 0.3 is 0 Å². The van der Waals surface area contributed by atoms with Crippen LogP contribution in [-0.4, -0.2) is 57.6 Å². The van der Waals surface area contributed by atoms with Gasteiger partial charge in [0.15, 0.2) is 0 Å². The highest BCUT2D eigenvalue weighted by Gasteiger charge is 2.30. The third-order valence-corrected chi connectivity index (χ3v) is 6.95. The van der Waals surface area contributed by atoms with E-state index < -0.39 is 0 Å². The minimum absolute atomic E-state index is 0.0155. The van der Waals surface area contributed by atoms with Gasteiger partial charge < -0.3 is 9.80 Å². The molecule has 6 nitrogen and oxygen atoms in total. The zero-order valence-corrected chi connectivity index (χ0v) is 19.7. The predicted molar refractivity (Wildman–Crippen MR) is 127 cm³/mol. The van der Waals surface area contributed by atoms with E-state index in [2.05, 4.69) is 5.10 Å². The van der Waals surface area contributed by atoms with Crippen LogP contribution in [0.15, 0.2) is 30.3 Å². The molecule has 0 N–H and O–H groups in total. The predicted octanol–water partition coefficient (Wildman–Crippen LogP) is 4.63. The number of benzene rings is 1. The molecule has 0 spiro atoms. The molecule has 2 fully saturated rings. The van der Waals surface area contributed by atoms with Crippen molar-refractivity contribution in [3.05, 3.63) is 52.6 Å². The molecule has 0 radical (unpaired) electrons. The molecule has 0 bridgehead atoms. The number of hydrogen-bond donors (Lipinski definition) is 0. The summed E-state index contributed by atoms with van der Waals surface area (Å²) in [5, 5.41) is 4.79. The number of nitrogens with zero attached hydrogens (tertiary/aromatic N) is 4. The maximum absolute atomic E-state index is 13.2. The number of hydrogen-bond acceptors (Lipinski definition) is 3. The van der Waals surface area contributed by atoms with E-state index in [1.54, 1.807) is 23.1 Å². The molecule has 2 saturated heterocycles. The molecule has 0 aliphatic carbocycles. The first-order valence-corrected chi connectivity index (χ1v) is 12.1. The largest absolute Gasteiger partial charge is 0.342 e. The second-order valence-electron chi connectivity index (χ2n) is 8.85. The van der Waals surface area contributed by atoms with Crippen molar-refractivity contribution < 1.29 is 14.0 Å². The first-order valence-electron chi connectivity index (χ1n) is 11.7. The van der Waals surface area contributed by atoms with E-state index >= 15 is 0 Å². The fourth-order valence-corrected chi connectivity index (χ4v) is 4.95. The zero-order valence-electron chi connectivity index (χ0n) is 19.0. The Balaban J connectivity index is 1.36. The molecule has 1 aromatic carbocycles. The number of amides is 2. The summed E-state index contributed by atoms with van der Waals surface area (Å²) in [5.41, 5.74) is 1.97. The number of likely N-dealkylation sites (tertiary alicyclic amines) is 2. The fourth-order valence-electron chi connectivity index (χ4n) is 4.61. The van der Waals surface area contributed by atoms with Crippen molar-refractivity contribution in [1.82, 2.24) is 19.6 Å². The molecule has 3 heterocycles. The average Bonchev–Trinajstić information content (AvgIpc) is 3.00. The van der Waals surface area contributed by atoms with Gasteiger partial charge in [-0.05, 0) is 62.9 Å². The summed E-state index contributed by atoms with van der Waals surface area (Å²) in [7, 11) is 0. The molecule has 0 atom stereocenters. The van der Waals surface area contributed by atoms with Gasteiger partial charge in [0.25, 0.3) is 0 Å². The van der Waals surface area contributed by atoms with Crippen LogP contribution in [0.4, 0.5) is 4.39 Å². The molecule has 2 aromatic rings. The highest BCUT2D eigenvalue weighted by atomic mass is 35.5. The molecular formula is C25H30ClFN4O2. The molecule has 8 heteroatoms. The van der Waals surface area contributed by atoms with Crippen LogP contribution in [0.3, 0.4) is 0 Å². The van der Waals surface area contributed by atoms with Crippen LogP contribution in [0.2, 0.25) is 5.15 Å². The Morgan fingerprint density at radius 2 is 1.64 bits per heavy atom. The van der Waals surface area contributed by atoms with E-state index in [-0.39, 0.29) is 23.5 Å². The van der Waals surface area contributed by atoms with Gasteiger partial charge in [-0.1, -0.05) is 24.4 Å². The highest BCUT2D eigenvalue weighted by molar-refractivity contribution is 6.31. The van der Waals surface area contributed by atoms with Gasteiger partial charge in [0.2, 0.25) is 11.8 Å². The van der Waals surface area contributed by atoms with Gasteiger partial charge in [-0.3, -0.25) is 9.59 Å². The number of carbonyl (C=O) groups excluding carboxylic acids is 2. The Hall–Kier alpha value is -2.67. The molecular weight excluding hydrogens is 443 g/mol. The van der Waals surface area contributed by atoms with E-state index in [0.717, 1.165) is 25.9 Å². The molecule has 33 heavy (non-hydrogen) atoms. The summed E-state index contributed by atoms with van der Waals surface area (Å²) in [6, 6.07) is 5.90. The summed E-state index contributed by atoms with van der Waals surface area (Å²) >= 11 is 6.50. The summed E-state index contributed by atoms with van der Waals surface area (Å²) < 4.78 is 14.7. The normalized spacial score (nSPS) is 18.0. The lowest BCUT2D eigenvalue weighted by Gasteiger charge is -2.33. The van der Waals surface area contributed by atoms with Crippen LogP contribution < -0.4 is 0 Å². The summed E-state index contributed by atoms with van der Waals surface area (Å²) in [6.45, 7) is 4.71. The zero-order chi connectivity index (χ0) is 23.4. The summed E-state index contributed by atoms with van der Waals surface area (Å²) in [4.78, 5) is 29.4. The van der Waals surface area contributed by atoms with Crippen LogP contribution in [0.1, 0.15) is 49.8 Å². The first-order chi connectivity index (χ1) is 15.9. The van der Waals surface area contributed by atoms with E-state index in [0.29, 0.717) is 48.0 Å². The van der Waals surface area contributed by atoms with E-state index in [1.165, 1.54) is 35.7 Å². The average molecular weight is 473 g/mol. The number of aryl methyl sites for hydroxylation is 1. The number of carbonyl (C=O) groups is 2. The Bertz CT molecular complexity index is 1020. The molecule has 2 aliphatic rings. The van der Waals surface area contributed by atoms with Crippen LogP contribution in [0.5, 0.6) is 0 Å². The quantitative estimate of drug-likeness (QED) is 0.610. The molecule has 176 valence electrons. The number of aromatic nitrogens is 2. The first kappa shape index (κ1) is 23.5. The second-order valence-corrected chi connectivity index (χ2v) is 9.21. The van der Waals surface area contributed by atoms with Crippen molar-refractivity contribution in [2.45, 2.75) is 45.4 Å². The van der Waals surface area contributed by atoms with E-state index in [9.17, 15) is 14.0 Å². The Morgan fingerprint density at radius 1 is 1.00 bits per heavy atom. The highest BCUT2D eigenvalue weighted by Crippen LogP contribution is 2.26. The smallest absolute Gasteiger partial charge is 0.246 e. The van der Waals surface area contributed by atoms with Crippen LogP contribution in [-0.2, 0) is 9.59 Å². The maximum atomic E-state index is 13.2. The molecule has 1 aromatic heterocycles. The number of halogens is 2. The lowest BCUT2D eigenvalue weighted by atomic mass is 9.95. The summed E-state index contributed by atoms with van der Waals surface area (Å²) in [6.07, 6.45) is 9.20. The molecule has 4 rings (SSSR count). The maximum Gasteiger partial charge on any atom is 0.246 e. The van der Waals surface area contributed by atoms with Crippen LogP contribution in [0.25, 0.3) is 11.8 Å². The topological polar surface area (TPSA) is 58.4 Å². The molecule has 2 aliphatic heterocycles. The standard InChI is InChI=1S/C25H30ClFN4O2/c1-18-22(24(26)31(28-18)21-8-6-20(27)7-9-21)10-11-23(32)29-16-12-19(13-17-29)25(33)30-14-4-2-3-5-15-30/h6-11,19H,2-5,12-17H2,1H3. The van der Waals surface area contributed by atoms with Gasteiger partial charge in [0.1, 0.15) is 11.0 Å². The minimum Gasteiger partial charge on any atom is -0.342 e. The monoisotopic (exact) mass is 472 g/mol. The van der Waals surface area contributed by atoms with Gasteiger partial charge in [-0.15, -0.1) is 0 Å². The van der Waals surface area contributed by atoms with Crippen LogP contribution >= 0.6 is 11.6 Å². The van der Waals surface area contributed by atoms with Crippen molar-refractivity contribution in [2.75, 3.05) is 26.2 Å². The van der Waals surface area contributed by atoms with Crippen molar-refractivity contribution in [1.29, 1.82) is 0 Å². The SMILES string of the molecule is Cc1nn(-c2ccc(F)cc2)c(Cl)c1C=CC(=O)N1CCC(C(=O)N2CCCCCC2)CC1. The minimum atomic E-state index is -0.332. The summed E-state index contributed by atoms with van der Waals surface area (Å²) in [5.74, 6) is -0.154. The van der Waals surface area contributed by atoms with Gasteiger partial charge in [0, 0.05) is 43.7 Å². The van der Waals surface area contributed by atoms with Crippen molar-refractivity contribution in [3.8, 4) is 5.69 Å². The van der Waals surface area contributed by atoms with Crippen LogP contribution in [0, 0.1) is 18.7 Å². The third-order valence-electron chi connectivity index (χ3n) is 6.59. The van der Waals surface area contributed by atoms with Crippen molar-refractivity contribution >= 4 is 29.5 Å². The Kier molecular flexibility index (Phi) is 7.48. The third kappa shape index (κ3) is 5.46. The van der Waals surface area contributed by atoms with Gasteiger partial charge in [-0.2, -0.15) is 5.10 Å². The van der Waals surface area contributed by atoms with Gasteiger partial charge in [0.05, 0.1) is 11.4 Å². The number of rotatable bonds is 4. The van der Waals surface area contributed by atoms with Crippen molar-refractivity contribution in [3.63, 3.8) is 0 Å². The molecule has 0 saturated carbocycles. The molecule has 2 amide bonds. The Labute approximate surface area is 199 Å².